The highest BCUT2D eigenvalue weighted by Crippen LogP contribution is 2.32. The van der Waals surface area contributed by atoms with Crippen molar-refractivity contribution in [3.63, 3.8) is 0 Å². The summed E-state index contributed by atoms with van der Waals surface area (Å²) >= 11 is 1.45. The van der Waals surface area contributed by atoms with Gasteiger partial charge in [-0.3, -0.25) is 4.79 Å². The molecule has 26 heavy (non-hydrogen) atoms. The van der Waals surface area contributed by atoms with Gasteiger partial charge in [-0.25, -0.2) is 4.98 Å². The van der Waals surface area contributed by atoms with E-state index in [4.69, 9.17) is 9.47 Å². The standard InChI is InChI=1S/C19H19N3O3S/c1-12(26-19-21-14-5-3-4-6-15(14)22(19)2)18(23)20-10-13-7-8-16-17(9-13)25-11-24-16/h3-9,12H,10-11H2,1-2H3,(H,20,23)/t12-/m1/s1. The lowest BCUT2D eigenvalue weighted by atomic mass is 10.2. The van der Waals surface area contributed by atoms with Crippen LogP contribution in [0.1, 0.15) is 12.5 Å². The molecule has 1 aliphatic rings. The van der Waals surface area contributed by atoms with E-state index in [2.05, 4.69) is 10.3 Å². The number of para-hydroxylation sites is 2. The van der Waals surface area contributed by atoms with Crippen molar-refractivity contribution >= 4 is 28.7 Å². The Bertz CT molecular complexity index is 970. The number of nitrogens with one attached hydrogen (secondary N) is 1. The van der Waals surface area contributed by atoms with Crippen molar-refractivity contribution in [2.24, 2.45) is 7.05 Å². The van der Waals surface area contributed by atoms with Crippen LogP contribution in [-0.4, -0.2) is 27.5 Å². The van der Waals surface area contributed by atoms with Crippen LogP contribution in [0, 0.1) is 0 Å². The van der Waals surface area contributed by atoms with E-state index in [9.17, 15) is 4.79 Å². The van der Waals surface area contributed by atoms with Crippen molar-refractivity contribution < 1.29 is 14.3 Å². The molecule has 1 aliphatic heterocycles. The Morgan fingerprint density at radius 2 is 2.08 bits per heavy atom. The number of carbonyl (C=O) groups is 1. The highest BCUT2D eigenvalue weighted by atomic mass is 32.2. The van der Waals surface area contributed by atoms with Crippen LogP contribution >= 0.6 is 11.8 Å². The molecule has 4 rings (SSSR count). The summed E-state index contributed by atoms with van der Waals surface area (Å²) in [6, 6.07) is 13.6. The van der Waals surface area contributed by atoms with E-state index in [-0.39, 0.29) is 18.0 Å². The Balaban J connectivity index is 1.39. The largest absolute Gasteiger partial charge is 0.454 e. The molecule has 1 N–H and O–H groups in total. The van der Waals surface area contributed by atoms with Crippen molar-refractivity contribution in [2.45, 2.75) is 23.9 Å². The minimum Gasteiger partial charge on any atom is -0.454 e. The molecule has 6 nitrogen and oxygen atoms in total. The van der Waals surface area contributed by atoms with Crippen molar-refractivity contribution in [1.82, 2.24) is 14.9 Å². The quantitative estimate of drug-likeness (QED) is 0.700. The van der Waals surface area contributed by atoms with Crippen LogP contribution < -0.4 is 14.8 Å². The number of fused-ring (bicyclic) bond motifs is 2. The molecule has 1 atom stereocenters. The highest BCUT2D eigenvalue weighted by molar-refractivity contribution is 8.00. The van der Waals surface area contributed by atoms with Crippen LogP contribution in [0.5, 0.6) is 11.5 Å². The summed E-state index contributed by atoms with van der Waals surface area (Å²) < 4.78 is 12.7. The van der Waals surface area contributed by atoms with Crippen molar-refractivity contribution in [2.75, 3.05) is 6.79 Å². The predicted molar refractivity (Wildman–Crippen MR) is 100 cm³/mol. The van der Waals surface area contributed by atoms with Crippen LogP contribution in [0.2, 0.25) is 0 Å². The third kappa shape index (κ3) is 3.22. The number of imidazole rings is 1. The molecule has 2 heterocycles. The van der Waals surface area contributed by atoms with E-state index in [1.54, 1.807) is 0 Å². The molecule has 1 amide bonds. The maximum Gasteiger partial charge on any atom is 0.233 e. The number of rotatable bonds is 5. The number of amides is 1. The van der Waals surface area contributed by atoms with Crippen LogP contribution in [0.4, 0.5) is 0 Å². The van der Waals surface area contributed by atoms with Crippen LogP contribution in [0.3, 0.4) is 0 Å². The lowest BCUT2D eigenvalue weighted by Crippen LogP contribution is -2.30. The van der Waals surface area contributed by atoms with Gasteiger partial charge < -0.3 is 19.4 Å². The summed E-state index contributed by atoms with van der Waals surface area (Å²) in [4.78, 5) is 17.1. The Morgan fingerprint density at radius 1 is 1.27 bits per heavy atom. The third-order valence-electron chi connectivity index (χ3n) is 4.30. The number of nitrogens with zero attached hydrogens (tertiary/aromatic N) is 2. The summed E-state index contributed by atoms with van der Waals surface area (Å²) in [5.74, 6) is 1.43. The zero-order valence-corrected chi connectivity index (χ0v) is 15.4. The summed E-state index contributed by atoms with van der Waals surface area (Å²) in [6.45, 7) is 2.58. The first kappa shape index (κ1) is 16.8. The fraction of sp³-hybridized carbons (Fsp3) is 0.263. The molecule has 0 unspecified atom stereocenters. The topological polar surface area (TPSA) is 65.4 Å². The second-order valence-electron chi connectivity index (χ2n) is 6.11. The van der Waals surface area contributed by atoms with Gasteiger partial charge in [-0.1, -0.05) is 30.0 Å². The van der Waals surface area contributed by atoms with Gasteiger partial charge in [-0.2, -0.15) is 0 Å². The van der Waals surface area contributed by atoms with E-state index < -0.39 is 0 Å². The van der Waals surface area contributed by atoms with Crippen LogP contribution in [-0.2, 0) is 18.4 Å². The van der Waals surface area contributed by atoms with Crippen molar-refractivity contribution in [1.29, 1.82) is 0 Å². The molecule has 7 heteroatoms. The smallest absolute Gasteiger partial charge is 0.233 e. The summed E-state index contributed by atoms with van der Waals surface area (Å²) in [7, 11) is 1.97. The predicted octanol–water partition coefficient (Wildman–Crippen LogP) is 3.10. The number of benzene rings is 2. The van der Waals surface area contributed by atoms with Crippen LogP contribution in [0.15, 0.2) is 47.6 Å². The Hall–Kier alpha value is -2.67. The molecule has 0 fully saturated rings. The Labute approximate surface area is 155 Å². The second kappa shape index (κ2) is 6.92. The van der Waals surface area contributed by atoms with Gasteiger partial charge in [-0.15, -0.1) is 0 Å². The molecular formula is C19H19N3O3S. The molecule has 2 aromatic carbocycles. The fourth-order valence-electron chi connectivity index (χ4n) is 2.82. The van der Waals surface area contributed by atoms with E-state index in [0.29, 0.717) is 6.54 Å². The van der Waals surface area contributed by atoms with Gasteiger partial charge in [0.15, 0.2) is 16.7 Å². The van der Waals surface area contributed by atoms with E-state index in [0.717, 1.165) is 33.3 Å². The van der Waals surface area contributed by atoms with E-state index in [1.165, 1.54) is 11.8 Å². The minimum absolute atomic E-state index is 0.0280. The van der Waals surface area contributed by atoms with E-state index >= 15 is 0 Å². The molecule has 0 bridgehead atoms. The number of ether oxygens (including phenoxy) is 2. The van der Waals surface area contributed by atoms with Gasteiger partial charge in [0.25, 0.3) is 0 Å². The number of hydrogen-bond donors (Lipinski definition) is 1. The van der Waals surface area contributed by atoms with Crippen LogP contribution in [0.25, 0.3) is 11.0 Å². The average molecular weight is 369 g/mol. The molecule has 1 aromatic heterocycles. The Morgan fingerprint density at radius 3 is 2.92 bits per heavy atom. The first-order valence-corrected chi connectivity index (χ1v) is 9.24. The average Bonchev–Trinajstić information content (AvgIpc) is 3.24. The zero-order chi connectivity index (χ0) is 18.1. The first-order valence-electron chi connectivity index (χ1n) is 8.36. The maximum atomic E-state index is 12.5. The lowest BCUT2D eigenvalue weighted by molar-refractivity contribution is -0.120. The molecule has 0 saturated heterocycles. The molecule has 0 aliphatic carbocycles. The summed E-state index contributed by atoms with van der Waals surface area (Å²) in [5, 5.41) is 3.55. The molecule has 0 saturated carbocycles. The number of thioether (sulfide) groups is 1. The van der Waals surface area contributed by atoms with Gasteiger partial charge in [-0.05, 0) is 36.8 Å². The highest BCUT2D eigenvalue weighted by Gasteiger charge is 2.19. The lowest BCUT2D eigenvalue weighted by Gasteiger charge is -2.12. The van der Waals surface area contributed by atoms with Gasteiger partial charge in [0.2, 0.25) is 12.7 Å². The number of aryl methyl sites for hydroxylation is 1. The molecular weight excluding hydrogens is 350 g/mol. The zero-order valence-electron chi connectivity index (χ0n) is 14.6. The summed E-state index contributed by atoms with van der Waals surface area (Å²) in [5.41, 5.74) is 2.97. The monoisotopic (exact) mass is 369 g/mol. The molecule has 0 spiro atoms. The number of carbonyl (C=O) groups excluding carboxylic acids is 1. The minimum atomic E-state index is -0.250. The normalized spacial score (nSPS) is 13.8. The first-order chi connectivity index (χ1) is 12.6. The summed E-state index contributed by atoms with van der Waals surface area (Å²) in [6.07, 6.45) is 0. The number of aromatic nitrogens is 2. The third-order valence-corrected chi connectivity index (χ3v) is 5.44. The maximum absolute atomic E-state index is 12.5. The number of hydrogen-bond acceptors (Lipinski definition) is 5. The van der Waals surface area contributed by atoms with Crippen molar-refractivity contribution in [3.05, 3.63) is 48.0 Å². The Kier molecular flexibility index (Phi) is 4.46. The van der Waals surface area contributed by atoms with Gasteiger partial charge in [0.1, 0.15) is 0 Å². The fourth-order valence-corrected chi connectivity index (χ4v) is 3.74. The van der Waals surface area contributed by atoms with Crippen molar-refractivity contribution in [3.8, 4) is 11.5 Å². The SMILES string of the molecule is C[C@@H](Sc1nc2ccccc2n1C)C(=O)NCc1ccc2c(c1)OCO2. The van der Waals surface area contributed by atoms with Gasteiger partial charge in [0.05, 0.1) is 16.3 Å². The second-order valence-corrected chi connectivity index (χ2v) is 7.42. The van der Waals surface area contributed by atoms with Gasteiger partial charge in [0, 0.05) is 13.6 Å². The molecule has 134 valence electrons. The van der Waals surface area contributed by atoms with E-state index in [1.807, 2.05) is 61.0 Å². The van der Waals surface area contributed by atoms with Gasteiger partial charge >= 0.3 is 0 Å². The molecule has 0 radical (unpaired) electrons. The molecule has 3 aromatic rings.